The molecule has 3 rings (SSSR count). The van der Waals surface area contributed by atoms with Gasteiger partial charge in [-0.3, -0.25) is 9.79 Å². The summed E-state index contributed by atoms with van der Waals surface area (Å²) in [6.07, 6.45) is 0. The highest BCUT2D eigenvalue weighted by Crippen LogP contribution is 2.24. The lowest BCUT2D eigenvalue weighted by molar-refractivity contribution is -0.130. The molecule has 1 fully saturated rings. The lowest BCUT2D eigenvalue weighted by atomic mass is 10.2. The first-order valence-electron chi connectivity index (χ1n) is 10.4. The van der Waals surface area contributed by atoms with Crippen molar-refractivity contribution in [2.75, 3.05) is 58.9 Å². The number of benzene rings is 2. The van der Waals surface area contributed by atoms with Gasteiger partial charge in [0.25, 0.3) is 0 Å². The Morgan fingerprint density at radius 1 is 1.00 bits per heavy atom. The zero-order valence-electron chi connectivity index (χ0n) is 18.4. The molecule has 8 nitrogen and oxygen atoms in total. The van der Waals surface area contributed by atoms with E-state index >= 15 is 0 Å². The third-order valence-corrected chi connectivity index (χ3v) is 5.32. The summed E-state index contributed by atoms with van der Waals surface area (Å²) in [5.74, 6) is 2.10. The van der Waals surface area contributed by atoms with Crippen LogP contribution in [0.25, 0.3) is 0 Å². The zero-order valence-corrected chi connectivity index (χ0v) is 18.4. The van der Waals surface area contributed by atoms with E-state index in [1.165, 1.54) is 5.69 Å². The maximum Gasteiger partial charge on any atom is 0.242 e. The van der Waals surface area contributed by atoms with E-state index in [2.05, 4.69) is 32.7 Å². The second-order valence-electron chi connectivity index (χ2n) is 7.16. The number of ether oxygens (including phenoxy) is 2. The fourth-order valence-corrected chi connectivity index (χ4v) is 3.52. The number of nitrogens with one attached hydrogen (secondary N) is 2. The molecule has 31 heavy (non-hydrogen) atoms. The van der Waals surface area contributed by atoms with Crippen molar-refractivity contribution in [2.45, 2.75) is 6.54 Å². The number of amides is 1. The van der Waals surface area contributed by atoms with Crippen LogP contribution in [0.5, 0.6) is 11.5 Å². The largest absolute Gasteiger partial charge is 0.497 e. The average Bonchev–Trinajstić information content (AvgIpc) is 2.84. The number of hydrogen-bond acceptors (Lipinski definition) is 5. The van der Waals surface area contributed by atoms with Crippen LogP contribution in [0.3, 0.4) is 0 Å². The lowest BCUT2D eigenvalue weighted by Crippen LogP contribution is -2.52. The molecule has 0 unspecified atom stereocenters. The van der Waals surface area contributed by atoms with Gasteiger partial charge in [-0.05, 0) is 24.3 Å². The van der Waals surface area contributed by atoms with Crippen LogP contribution < -0.4 is 25.0 Å². The van der Waals surface area contributed by atoms with Crippen LogP contribution in [0.15, 0.2) is 53.5 Å². The molecular formula is C23H31N5O3. The Kier molecular flexibility index (Phi) is 7.98. The van der Waals surface area contributed by atoms with E-state index < -0.39 is 0 Å². The van der Waals surface area contributed by atoms with Crippen molar-refractivity contribution in [1.29, 1.82) is 0 Å². The minimum Gasteiger partial charge on any atom is -0.497 e. The highest BCUT2D eigenvalue weighted by molar-refractivity contribution is 5.86. The van der Waals surface area contributed by atoms with Gasteiger partial charge in [0.1, 0.15) is 11.5 Å². The van der Waals surface area contributed by atoms with Crippen molar-refractivity contribution in [1.82, 2.24) is 15.5 Å². The summed E-state index contributed by atoms with van der Waals surface area (Å²) in [4.78, 5) is 21.0. The monoisotopic (exact) mass is 425 g/mol. The van der Waals surface area contributed by atoms with Gasteiger partial charge in [-0.25, -0.2) is 0 Å². The maximum absolute atomic E-state index is 12.6. The SMILES string of the molecule is CN=C(NCC(=O)N1CCN(c2ccccc2)CC1)NCc1ccc(OC)cc1OC. The molecule has 1 saturated heterocycles. The molecule has 2 aromatic rings. The van der Waals surface area contributed by atoms with Crippen LogP contribution in [0.4, 0.5) is 5.69 Å². The Morgan fingerprint density at radius 3 is 2.39 bits per heavy atom. The minimum atomic E-state index is 0.0673. The highest BCUT2D eigenvalue weighted by atomic mass is 16.5. The van der Waals surface area contributed by atoms with Gasteiger partial charge >= 0.3 is 0 Å². The molecule has 0 aromatic heterocycles. The first kappa shape index (κ1) is 22.3. The molecule has 0 bridgehead atoms. The standard InChI is InChI=1S/C23H31N5O3/c1-24-23(25-16-18-9-10-20(30-2)15-21(18)31-3)26-17-22(29)28-13-11-27(12-14-28)19-7-5-4-6-8-19/h4-10,15H,11-14,16-17H2,1-3H3,(H2,24,25,26). The lowest BCUT2D eigenvalue weighted by Gasteiger charge is -2.36. The Bertz CT molecular complexity index is 880. The fourth-order valence-electron chi connectivity index (χ4n) is 3.52. The van der Waals surface area contributed by atoms with Gasteiger partial charge in [0, 0.05) is 57.1 Å². The maximum atomic E-state index is 12.6. The molecular weight excluding hydrogens is 394 g/mol. The van der Waals surface area contributed by atoms with E-state index in [4.69, 9.17) is 9.47 Å². The van der Waals surface area contributed by atoms with Crippen LogP contribution >= 0.6 is 0 Å². The number of hydrogen-bond donors (Lipinski definition) is 2. The summed E-state index contributed by atoms with van der Waals surface area (Å²) in [6, 6.07) is 16.0. The number of piperazine rings is 1. The second-order valence-corrected chi connectivity index (χ2v) is 7.16. The summed E-state index contributed by atoms with van der Waals surface area (Å²) < 4.78 is 10.7. The summed E-state index contributed by atoms with van der Waals surface area (Å²) in [7, 11) is 4.93. The van der Waals surface area contributed by atoms with Crippen LogP contribution in [0.1, 0.15) is 5.56 Å². The van der Waals surface area contributed by atoms with Crippen LogP contribution in [-0.2, 0) is 11.3 Å². The summed E-state index contributed by atoms with van der Waals surface area (Å²) in [5.41, 5.74) is 2.17. The quantitative estimate of drug-likeness (QED) is 0.520. The summed E-state index contributed by atoms with van der Waals surface area (Å²) in [5, 5.41) is 6.33. The Hall–Kier alpha value is -3.42. The molecule has 0 spiro atoms. The van der Waals surface area contributed by atoms with E-state index in [1.54, 1.807) is 21.3 Å². The van der Waals surface area contributed by atoms with E-state index in [9.17, 15) is 4.79 Å². The number of nitrogens with zero attached hydrogens (tertiary/aromatic N) is 3. The van der Waals surface area contributed by atoms with Crippen molar-refractivity contribution in [2.24, 2.45) is 4.99 Å². The molecule has 8 heteroatoms. The molecule has 0 atom stereocenters. The van der Waals surface area contributed by atoms with Crippen LogP contribution in [0, 0.1) is 0 Å². The molecule has 1 aliphatic rings. The summed E-state index contributed by atoms with van der Waals surface area (Å²) >= 11 is 0. The number of anilines is 1. The number of aliphatic imine (C=N–C) groups is 1. The number of carbonyl (C=O) groups is 1. The van der Waals surface area contributed by atoms with Gasteiger partial charge in [-0.15, -0.1) is 0 Å². The smallest absolute Gasteiger partial charge is 0.242 e. The minimum absolute atomic E-state index is 0.0673. The van der Waals surface area contributed by atoms with Crippen molar-refractivity contribution in [3.05, 3.63) is 54.1 Å². The molecule has 0 saturated carbocycles. The number of methoxy groups -OCH3 is 2. The third-order valence-electron chi connectivity index (χ3n) is 5.32. The summed E-state index contributed by atoms with van der Waals surface area (Å²) in [6.45, 7) is 3.80. The topological polar surface area (TPSA) is 78.4 Å². The predicted molar refractivity (Wildman–Crippen MR) is 123 cm³/mol. The third kappa shape index (κ3) is 6.04. The average molecular weight is 426 g/mol. The molecule has 2 N–H and O–H groups in total. The van der Waals surface area contributed by atoms with Crippen molar-refractivity contribution < 1.29 is 14.3 Å². The second kappa shape index (κ2) is 11.1. The van der Waals surface area contributed by atoms with Gasteiger partial charge in [-0.2, -0.15) is 0 Å². The first-order valence-corrected chi connectivity index (χ1v) is 10.4. The van der Waals surface area contributed by atoms with Crippen molar-refractivity contribution in [3.8, 4) is 11.5 Å². The normalized spacial score (nSPS) is 14.2. The number of para-hydroxylation sites is 1. The van der Waals surface area contributed by atoms with Gasteiger partial charge in [-0.1, -0.05) is 18.2 Å². The molecule has 1 amide bonds. The highest BCUT2D eigenvalue weighted by Gasteiger charge is 2.21. The van der Waals surface area contributed by atoms with E-state index in [-0.39, 0.29) is 12.5 Å². The van der Waals surface area contributed by atoms with Crippen LogP contribution in [0.2, 0.25) is 0 Å². The Labute approximate surface area is 183 Å². The predicted octanol–water partition coefficient (Wildman–Crippen LogP) is 1.72. The van der Waals surface area contributed by atoms with Crippen LogP contribution in [-0.4, -0.2) is 70.8 Å². The molecule has 166 valence electrons. The molecule has 1 heterocycles. The zero-order chi connectivity index (χ0) is 22.1. The Morgan fingerprint density at radius 2 is 1.74 bits per heavy atom. The first-order chi connectivity index (χ1) is 15.1. The van der Waals surface area contributed by atoms with E-state index in [0.29, 0.717) is 25.6 Å². The van der Waals surface area contributed by atoms with E-state index in [0.717, 1.165) is 30.2 Å². The fraction of sp³-hybridized carbons (Fsp3) is 0.391. The Balaban J connectivity index is 1.45. The van der Waals surface area contributed by atoms with Crippen molar-refractivity contribution in [3.63, 3.8) is 0 Å². The molecule has 0 radical (unpaired) electrons. The molecule has 2 aromatic carbocycles. The van der Waals surface area contributed by atoms with E-state index in [1.807, 2.05) is 41.3 Å². The van der Waals surface area contributed by atoms with Gasteiger partial charge in [0.15, 0.2) is 5.96 Å². The van der Waals surface area contributed by atoms with Gasteiger partial charge < -0.3 is 29.9 Å². The number of rotatable bonds is 7. The van der Waals surface area contributed by atoms with Gasteiger partial charge in [0.05, 0.1) is 20.8 Å². The van der Waals surface area contributed by atoms with Crippen molar-refractivity contribution >= 4 is 17.6 Å². The molecule has 0 aliphatic carbocycles. The molecule has 1 aliphatic heterocycles. The van der Waals surface area contributed by atoms with Gasteiger partial charge in [0.2, 0.25) is 5.91 Å². The number of carbonyl (C=O) groups excluding carboxylic acids is 1. The number of guanidine groups is 1.